The number of aromatic amines is 1. The predicted molar refractivity (Wildman–Crippen MR) is 95.3 cm³/mol. The van der Waals surface area contributed by atoms with Gasteiger partial charge in [-0.25, -0.2) is 4.79 Å². The second kappa shape index (κ2) is 6.64. The Kier molecular flexibility index (Phi) is 4.38. The number of nitrogens with one attached hydrogen (secondary N) is 2. The summed E-state index contributed by atoms with van der Waals surface area (Å²) in [7, 11) is 0. The summed E-state index contributed by atoms with van der Waals surface area (Å²) in [6, 6.07) is 10.5. The van der Waals surface area contributed by atoms with Gasteiger partial charge in [0.2, 0.25) is 0 Å². The van der Waals surface area contributed by atoms with Gasteiger partial charge in [0, 0.05) is 35.3 Å². The molecule has 3 N–H and O–H groups in total. The van der Waals surface area contributed by atoms with Crippen molar-refractivity contribution in [1.29, 1.82) is 0 Å². The van der Waals surface area contributed by atoms with Gasteiger partial charge in [-0.05, 0) is 31.0 Å². The first kappa shape index (κ1) is 16.5. The number of H-pyrrole nitrogens is 1. The molecule has 3 rings (SSSR count). The summed E-state index contributed by atoms with van der Waals surface area (Å²) in [4.78, 5) is 25.2. The number of carbonyl (C=O) groups is 1. The van der Waals surface area contributed by atoms with Crippen molar-refractivity contribution in [3.05, 3.63) is 69.4 Å². The average Bonchev–Trinajstić information content (AvgIpc) is 2.98. The van der Waals surface area contributed by atoms with Crippen molar-refractivity contribution in [2.45, 2.75) is 13.3 Å². The van der Waals surface area contributed by atoms with E-state index in [0.717, 1.165) is 16.5 Å². The first-order valence-electron chi connectivity index (χ1n) is 7.78. The minimum absolute atomic E-state index is 0.0297. The van der Waals surface area contributed by atoms with Gasteiger partial charge in [-0.15, -0.1) is 0 Å². The van der Waals surface area contributed by atoms with E-state index in [0.29, 0.717) is 18.5 Å². The number of hydrogen-bond donors (Lipinski definition) is 3. The molecule has 7 nitrogen and oxygen atoms in total. The molecule has 128 valence electrons. The van der Waals surface area contributed by atoms with Crippen LogP contribution in [-0.4, -0.2) is 27.5 Å². The number of rotatable bonds is 6. The Balaban J connectivity index is 1.81. The number of anilines is 1. The minimum Gasteiger partial charge on any atom is -0.478 e. The van der Waals surface area contributed by atoms with Crippen molar-refractivity contribution in [2.24, 2.45) is 0 Å². The third-order valence-electron chi connectivity index (χ3n) is 4.15. The summed E-state index contributed by atoms with van der Waals surface area (Å²) < 4.78 is 0. The zero-order chi connectivity index (χ0) is 18.0. The summed E-state index contributed by atoms with van der Waals surface area (Å²) in [5.74, 6) is -1.12. The minimum atomic E-state index is -1.12. The molecule has 0 fully saturated rings. The molecule has 0 amide bonds. The number of nitro groups is 1. The van der Waals surface area contributed by atoms with Crippen LogP contribution in [0.25, 0.3) is 10.9 Å². The van der Waals surface area contributed by atoms with Crippen molar-refractivity contribution >= 4 is 28.2 Å². The maximum absolute atomic E-state index is 11.4. The van der Waals surface area contributed by atoms with Crippen molar-refractivity contribution in [3.63, 3.8) is 0 Å². The smallest absolute Gasteiger partial charge is 0.337 e. The van der Waals surface area contributed by atoms with Crippen LogP contribution in [0.4, 0.5) is 11.4 Å². The quantitative estimate of drug-likeness (QED) is 0.468. The Bertz CT molecular complexity index is 962. The molecule has 0 aliphatic rings. The van der Waals surface area contributed by atoms with Gasteiger partial charge in [-0.1, -0.05) is 18.2 Å². The summed E-state index contributed by atoms with van der Waals surface area (Å²) >= 11 is 0. The summed E-state index contributed by atoms with van der Waals surface area (Å²) in [6.07, 6.45) is 2.58. The number of carboxylic acids is 1. The molecule has 0 bridgehead atoms. The molecular formula is C18H17N3O4. The molecule has 1 heterocycles. The van der Waals surface area contributed by atoms with Crippen LogP contribution in [0.5, 0.6) is 0 Å². The summed E-state index contributed by atoms with van der Waals surface area (Å²) in [5.41, 5.74) is 2.65. The van der Waals surface area contributed by atoms with E-state index < -0.39 is 10.9 Å². The Hall–Kier alpha value is -3.35. The second-order valence-electron chi connectivity index (χ2n) is 5.78. The third-order valence-corrected chi connectivity index (χ3v) is 4.15. The topological polar surface area (TPSA) is 108 Å². The van der Waals surface area contributed by atoms with Crippen LogP contribution < -0.4 is 5.32 Å². The van der Waals surface area contributed by atoms with Gasteiger partial charge >= 0.3 is 5.97 Å². The number of aryl methyl sites for hydroxylation is 1. The Morgan fingerprint density at radius 3 is 2.80 bits per heavy atom. The van der Waals surface area contributed by atoms with Crippen LogP contribution in [0.3, 0.4) is 0 Å². The molecule has 0 atom stereocenters. The number of benzene rings is 2. The van der Waals surface area contributed by atoms with Gasteiger partial charge in [0.15, 0.2) is 0 Å². The molecule has 0 radical (unpaired) electrons. The molecule has 7 heteroatoms. The molecular weight excluding hydrogens is 322 g/mol. The van der Waals surface area contributed by atoms with Gasteiger partial charge in [0.1, 0.15) is 0 Å². The number of nitro benzene ring substituents is 1. The lowest BCUT2D eigenvalue weighted by Gasteiger charge is -2.11. The fraction of sp³-hybridized carbons (Fsp3) is 0.167. The molecule has 0 saturated heterocycles. The van der Waals surface area contributed by atoms with E-state index in [2.05, 4.69) is 10.3 Å². The lowest BCUT2D eigenvalue weighted by molar-refractivity contribution is -0.385. The largest absolute Gasteiger partial charge is 0.478 e. The monoisotopic (exact) mass is 339 g/mol. The highest BCUT2D eigenvalue weighted by molar-refractivity contribution is 5.95. The highest BCUT2D eigenvalue weighted by atomic mass is 16.6. The lowest BCUT2D eigenvalue weighted by atomic mass is 10.1. The van der Waals surface area contributed by atoms with Crippen LogP contribution >= 0.6 is 0 Å². The standard InChI is InChI=1S/C18H17N3O4/c1-11-8-14(18(22)23)16(9-17(11)21(24)25)19-7-6-12-10-20-15-5-3-2-4-13(12)15/h2-5,8-10,19-20H,6-7H2,1H3,(H,22,23). The van der Waals surface area contributed by atoms with Gasteiger partial charge in [-0.3, -0.25) is 10.1 Å². The number of nitrogens with zero attached hydrogens (tertiary/aromatic N) is 1. The SMILES string of the molecule is Cc1cc(C(=O)O)c(NCCc2c[nH]c3ccccc23)cc1[N+](=O)[O-]. The lowest BCUT2D eigenvalue weighted by Crippen LogP contribution is -2.10. The number of aromatic nitrogens is 1. The van der Waals surface area contributed by atoms with Gasteiger partial charge in [0.05, 0.1) is 16.2 Å². The second-order valence-corrected chi connectivity index (χ2v) is 5.78. The van der Waals surface area contributed by atoms with E-state index in [1.807, 2.05) is 30.5 Å². The van der Waals surface area contributed by atoms with Crippen LogP contribution in [0.2, 0.25) is 0 Å². The Morgan fingerprint density at radius 2 is 2.08 bits per heavy atom. The highest BCUT2D eigenvalue weighted by Crippen LogP contribution is 2.27. The number of hydrogen-bond acceptors (Lipinski definition) is 4. The number of aromatic carboxylic acids is 1. The van der Waals surface area contributed by atoms with Gasteiger partial charge < -0.3 is 15.4 Å². The van der Waals surface area contributed by atoms with Gasteiger partial charge in [-0.2, -0.15) is 0 Å². The van der Waals surface area contributed by atoms with E-state index in [1.165, 1.54) is 19.1 Å². The number of fused-ring (bicyclic) bond motifs is 1. The van der Waals surface area contributed by atoms with E-state index in [1.54, 1.807) is 0 Å². The van der Waals surface area contributed by atoms with Crippen LogP contribution in [0.1, 0.15) is 21.5 Å². The molecule has 0 spiro atoms. The zero-order valence-corrected chi connectivity index (χ0v) is 13.6. The van der Waals surface area contributed by atoms with Crippen LogP contribution in [0.15, 0.2) is 42.6 Å². The maximum Gasteiger partial charge on any atom is 0.337 e. The molecule has 0 aliphatic heterocycles. The van der Waals surface area contributed by atoms with Crippen molar-refractivity contribution < 1.29 is 14.8 Å². The number of carboxylic acid groups (broad SMARTS) is 1. The summed E-state index contributed by atoms with van der Waals surface area (Å²) in [5, 5.41) is 24.5. The fourth-order valence-electron chi connectivity index (χ4n) is 2.89. The normalized spacial score (nSPS) is 10.8. The van der Waals surface area contributed by atoms with Crippen LogP contribution in [-0.2, 0) is 6.42 Å². The maximum atomic E-state index is 11.4. The van der Waals surface area contributed by atoms with Crippen molar-refractivity contribution in [2.75, 3.05) is 11.9 Å². The predicted octanol–water partition coefficient (Wildman–Crippen LogP) is 3.74. The molecule has 0 aliphatic carbocycles. The number of para-hydroxylation sites is 1. The molecule has 2 aromatic carbocycles. The molecule has 0 unspecified atom stereocenters. The van der Waals surface area contributed by atoms with Gasteiger partial charge in [0.25, 0.3) is 5.69 Å². The van der Waals surface area contributed by atoms with E-state index in [9.17, 15) is 20.0 Å². The third kappa shape index (κ3) is 3.30. The Labute approximate surface area is 143 Å². The van der Waals surface area contributed by atoms with Crippen molar-refractivity contribution in [1.82, 2.24) is 4.98 Å². The Morgan fingerprint density at radius 1 is 1.32 bits per heavy atom. The van der Waals surface area contributed by atoms with Crippen molar-refractivity contribution in [3.8, 4) is 0 Å². The fourth-order valence-corrected chi connectivity index (χ4v) is 2.89. The first-order valence-corrected chi connectivity index (χ1v) is 7.78. The van der Waals surface area contributed by atoms with E-state index >= 15 is 0 Å². The molecule has 25 heavy (non-hydrogen) atoms. The van der Waals surface area contributed by atoms with Crippen LogP contribution in [0, 0.1) is 17.0 Å². The molecule has 1 aromatic heterocycles. The summed E-state index contributed by atoms with van der Waals surface area (Å²) in [6.45, 7) is 1.99. The average molecular weight is 339 g/mol. The van der Waals surface area contributed by atoms with E-state index in [-0.39, 0.29) is 16.9 Å². The van der Waals surface area contributed by atoms with E-state index in [4.69, 9.17) is 0 Å². The molecule has 0 saturated carbocycles. The first-order chi connectivity index (χ1) is 12.0. The highest BCUT2D eigenvalue weighted by Gasteiger charge is 2.19. The molecule has 3 aromatic rings. The zero-order valence-electron chi connectivity index (χ0n) is 13.6.